The minimum atomic E-state index is -1.26. The number of nitrogens with zero attached hydrogens (tertiary/aromatic N) is 1. The number of aromatic hydroxyl groups is 1. The summed E-state index contributed by atoms with van der Waals surface area (Å²) >= 11 is 3.18. The fourth-order valence-corrected chi connectivity index (χ4v) is 1.55. The second-order valence-corrected chi connectivity index (χ2v) is 3.99. The number of phenols is 1. The maximum absolute atomic E-state index is 9.64. The summed E-state index contributed by atoms with van der Waals surface area (Å²) in [5.74, 6) is -0.109. The average molecular weight is 272 g/mol. The van der Waals surface area contributed by atoms with Crippen molar-refractivity contribution in [3.63, 3.8) is 0 Å². The highest BCUT2D eigenvalue weighted by molar-refractivity contribution is 9.10. The van der Waals surface area contributed by atoms with E-state index in [-0.39, 0.29) is 17.7 Å². The third kappa shape index (κ3) is 2.93. The molecule has 15 heavy (non-hydrogen) atoms. The van der Waals surface area contributed by atoms with Crippen molar-refractivity contribution in [2.75, 3.05) is 0 Å². The van der Waals surface area contributed by atoms with Crippen LogP contribution < -0.4 is 0 Å². The van der Waals surface area contributed by atoms with Crippen molar-refractivity contribution in [2.45, 2.75) is 18.6 Å². The molecule has 5 heteroatoms. The van der Waals surface area contributed by atoms with Crippen molar-refractivity contribution in [1.29, 1.82) is 5.26 Å². The first-order valence-corrected chi connectivity index (χ1v) is 5.07. The highest BCUT2D eigenvalue weighted by Gasteiger charge is 2.21. The molecule has 0 saturated heterocycles. The van der Waals surface area contributed by atoms with Crippen LogP contribution in [0, 0.1) is 11.3 Å². The number of benzene rings is 1. The van der Waals surface area contributed by atoms with E-state index in [9.17, 15) is 15.3 Å². The van der Waals surface area contributed by atoms with Crippen LogP contribution in [0.25, 0.3) is 0 Å². The highest BCUT2D eigenvalue weighted by Crippen LogP contribution is 2.30. The molecule has 2 unspecified atom stereocenters. The minimum Gasteiger partial charge on any atom is -0.508 e. The molecule has 2 atom stereocenters. The predicted molar refractivity (Wildman–Crippen MR) is 57.0 cm³/mol. The van der Waals surface area contributed by atoms with Crippen LogP contribution in [0.4, 0.5) is 0 Å². The number of phenolic OH excluding ortho intramolecular Hbond substituents is 1. The van der Waals surface area contributed by atoms with Crippen LogP contribution in [0.15, 0.2) is 22.7 Å². The van der Waals surface area contributed by atoms with E-state index in [1.54, 1.807) is 12.1 Å². The quantitative estimate of drug-likeness (QED) is 0.777. The van der Waals surface area contributed by atoms with Gasteiger partial charge in [-0.15, -0.1) is 0 Å². The number of hydrogen-bond acceptors (Lipinski definition) is 4. The Bertz CT molecular complexity index is 389. The number of aliphatic hydroxyl groups is 2. The Labute approximate surface area is 95.5 Å². The molecule has 4 nitrogen and oxygen atoms in total. The zero-order valence-electron chi connectivity index (χ0n) is 7.76. The van der Waals surface area contributed by atoms with Gasteiger partial charge in [-0.2, -0.15) is 5.26 Å². The Balaban J connectivity index is 2.95. The van der Waals surface area contributed by atoms with E-state index >= 15 is 0 Å². The van der Waals surface area contributed by atoms with Gasteiger partial charge in [-0.1, -0.05) is 15.9 Å². The molecule has 0 saturated carbocycles. The molecular weight excluding hydrogens is 262 g/mol. The second-order valence-electron chi connectivity index (χ2n) is 3.08. The van der Waals surface area contributed by atoms with E-state index in [0.717, 1.165) is 0 Å². The fourth-order valence-electron chi connectivity index (χ4n) is 1.17. The summed E-state index contributed by atoms with van der Waals surface area (Å²) in [7, 11) is 0. The van der Waals surface area contributed by atoms with Crippen LogP contribution >= 0.6 is 15.9 Å². The van der Waals surface area contributed by atoms with E-state index in [1.807, 2.05) is 0 Å². The largest absolute Gasteiger partial charge is 0.508 e. The van der Waals surface area contributed by atoms with Crippen LogP contribution in [0.5, 0.6) is 5.75 Å². The van der Waals surface area contributed by atoms with Crippen molar-refractivity contribution in [2.24, 2.45) is 0 Å². The highest BCUT2D eigenvalue weighted by atomic mass is 79.9. The van der Waals surface area contributed by atoms with Crippen molar-refractivity contribution < 1.29 is 15.3 Å². The van der Waals surface area contributed by atoms with Crippen LogP contribution in [0.1, 0.15) is 18.1 Å². The summed E-state index contributed by atoms with van der Waals surface area (Å²) in [6, 6.07) is 6.27. The second kappa shape index (κ2) is 5.12. The lowest BCUT2D eigenvalue weighted by Gasteiger charge is -2.16. The normalized spacial score (nSPS) is 14.3. The van der Waals surface area contributed by atoms with Gasteiger partial charge in [0.2, 0.25) is 0 Å². The number of nitriles is 1. The smallest absolute Gasteiger partial charge is 0.121 e. The Kier molecular flexibility index (Phi) is 4.09. The van der Waals surface area contributed by atoms with Gasteiger partial charge >= 0.3 is 0 Å². The molecule has 1 aromatic rings. The first kappa shape index (κ1) is 12.0. The topological polar surface area (TPSA) is 84.5 Å². The van der Waals surface area contributed by atoms with Gasteiger partial charge in [0.05, 0.1) is 18.6 Å². The van der Waals surface area contributed by atoms with Crippen LogP contribution in [0.2, 0.25) is 0 Å². The Morgan fingerprint density at radius 2 is 2.07 bits per heavy atom. The van der Waals surface area contributed by atoms with Gasteiger partial charge in [0.15, 0.2) is 0 Å². The zero-order valence-corrected chi connectivity index (χ0v) is 9.35. The maximum atomic E-state index is 9.64. The van der Waals surface area contributed by atoms with Gasteiger partial charge < -0.3 is 15.3 Å². The summed E-state index contributed by atoms with van der Waals surface area (Å²) in [4.78, 5) is 0. The van der Waals surface area contributed by atoms with Gasteiger partial charge in [-0.25, -0.2) is 0 Å². The number of halogens is 1. The van der Waals surface area contributed by atoms with Gasteiger partial charge in [0.25, 0.3) is 0 Å². The van der Waals surface area contributed by atoms with Gasteiger partial charge in [-0.05, 0) is 18.2 Å². The van der Waals surface area contributed by atoms with Crippen LogP contribution in [0.3, 0.4) is 0 Å². The molecule has 0 radical (unpaired) electrons. The van der Waals surface area contributed by atoms with Crippen molar-refractivity contribution in [3.05, 3.63) is 28.2 Å². The monoisotopic (exact) mass is 271 g/mol. The van der Waals surface area contributed by atoms with E-state index in [0.29, 0.717) is 4.47 Å². The standard InChI is InChI=1S/C10H10BrNO3/c11-6-1-2-8(13)7(5-6)10(15)9(14)3-4-12/h1-2,5,9-10,13-15H,3H2. The molecule has 0 aliphatic heterocycles. The Hall–Kier alpha value is -1.09. The summed E-state index contributed by atoms with van der Waals surface area (Å²) in [6.07, 6.45) is -2.65. The summed E-state index contributed by atoms with van der Waals surface area (Å²) in [5.41, 5.74) is 0.201. The summed E-state index contributed by atoms with van der Waals surface area (Å²) in [6.45, 7) is 0. The van der Waals surface area contributed by atoms with Crippen molar-refractivity contribution in [3.8, 4) is 11.8 Å². The van der Waals surface area contributed by atoms with Crippen molar-refractivity contribution >= 4 is 15.9 Å². The predicted octanol–water partition coefficient (Wildman–Crippen LogP) is 1.46. The molecule has 0 spiro atoms. The van der Waals surface area contributed by atoms with Crippen LogP contribution in [-0.2, 0) is 0 Å². The molecule has 0 fully saturated rings. The summed E-state index contributed by atoms with van der Waals surface area (Å²) in [5, 5.41) is 36.8. The lowest BCUT2D eigenvalue weighted by atomic mass is 10.0. The first-order chi connectivity index (χ1) is 7.06. The van der Waals surface area contributed by atoms with Gasteiger partial charge in [0.1, 0.15) is 11.9 Å². The van der Waals surface area contributed by atoms with Crippen LogP contribution in [-0.4, -0.2) is 21.4 Å². The fraction of sp³-hybridized carbons (Fsp3) is 0.300. The first-order valence-electron chi connectivity index (χ1n) is 4.27. The minimum absolute atomic E-state index is 0.109. The van der Waals surface area contributed by atoms with E-state index in [4.69, 9.17) is 5.26 Å². The van der Waals surface area contributed by atoms with Gasteiger partial charge in [-0.3, -0.25) is 0 Å². The molecule has 1 rings (SSSR count). The third-order valence-corrected chi connectivity index (χ3v) is 2.47. The molecule has 0 aromatic heterocycles. The lowest BCUT2D eigenvalue weighted by Crippen LogP contribution is -2.17. The molecular formula is C10H10BrNO3. The lowest BCUT2D eigenvalue weighted by molar-refractivity contribution is 0.0202. The van der Waals surface area contributed by atoms with E-state index in [1.165, 1.54) is 12.1 Å². The Morgan fingerprint density at radius 1 is 1.40 bits per heavy atom. The Morgan fingerprint density at radius 3 is 2.67 bits per heavy atom. The number of rotatable bonds is 3. The molecule has 0 heterocycles. The third-order valence-electron chi connectivity index (χ3n) is 1.97. The number of hydrogen-bond donors (Lipinski definition) is 3. The van der Waals surface area contributed by atoms with Gasteiger partial charge in [0, 0.05) is 10.0 Å². The maximum Gasteiger partial charge on any atom is 0.121 e. The average Bonchev–Trinajstić information content (AvgIpc) is 2.21. The molecule has 0 aliphatic rings. The zero-order chi connectivity index (χ0) is 11.4. The molecule has 80 valence electrons. The van der Waals surface area contributed by atoms with Crippen molar-refractivity contribution in [1.82, 2.24) is 0 Å². The number of aliphatic hydroxyl groups excluding tert-OH is 2. The SMILES string of the molecule is N#CCC(O)C(O)c1cc(Br)ccc1O. The molecule has 0 amide bonds. The molecule has 3 N–H and O–H groups in total. The summed E-state index contributed by atoms with van der Waals surface area (Å²) < 4.78 is 0.679. The van der Waals surface area contributed by atoms with E-state index < -0.39 is 12.2 Å². The van der Waals surface area contributed by atoms with E-state index in [2.05, 4.69) is 15.9 Å². The molecule has 1 aromatic carbocycles. The molecule has 0 bridgehead atoms. The molecule has 0 aliphatic carbocycles.